The summed E-state index contributed by atoms with van der Waals surface area (Å²) < 4.78 is 5.18. The lowest BCUT2D eigenvalue weighted by Gasteiger charge is -2.04. The summed E-state index contributed by atoms with van der Waals surface area (Å²) in [5, 5.41) is 4.46. The summed E-state index contributed by atoms with van der Waals surface area (Å²) in [6, 6.07) is 8.60. The number of aryl methyl sites for hydroxylation is 1. The highest BCUT2D eigenvalue weighted by atomic mass is 35.5. The molecule has 5 nitrogen and oxygen atoms in total. The van der Waals surface area contributed by atoms with E-state index < -0.39 is 0 Å². The summed E-state index contributed by atoms with van der Waals surface area (Å²) >= 11 is 5.91. The molecular weight excluding hydrogens is 290 g/mol. The van der Waals surface area contributed by atoms with Crippen LogP contribution in [-0.4, -0.2) is 24.2 Å². The number of methoxy groups -OCH3 is 1. The number of carbonyl (C=O) groups excluding carboxylic acids is 1. The smallest absolute Gasteiger partial charge is 0.272 e. The molecule has 2 aromatic rings. The highest BCUT2D eigenvalue weighted by Crippen LogP contribution is 2.20. The van der Waals surface area contributed by atoms with Gasteiger partial charge in [-0.2, -0.15) is 5.10 Å². The zero-order valence-electron chi connectivity index (χ0n) is 11.6. The van der Waals surface area contributed by atoms with Crippen molar-refractivity contribution in [2.75, 3.05) is 7.11 Å². The molecule has 0 atom stereocenters. The summed E-state index contributed by atoms with van der Waals surface area (Å²) in [6.45, 7) is 1.85. The van der Waals surface area contributed by atoms with Crippen LogP contribution in [0.2, 0.25) is 5.02 Å². The predicted molar refractivity (Wildman–Crippen MR) is 82.0 cm³/mol. The van der Waals surface area contributed by atoms with E-state index in [1.807, 2.05) is 6.92 Å². The molecule has 1 N–H and O–H groups in total. The number of nitrogens with one attached hydrogen (secondary N) is 1. The molecule has 108 valence electrons. The second-order valence-corrected chi connectivity index (χ2v) is 4.71. The van der Waals surface area contributed by atoms with Crippen molar-refractivity contribution in [2.45, 2.75) is 6.92 Å². The Balaban J connectivity index is 2.07. The molecule has 0 aliphatic heterocycles. The summed E-state index contributed by atoms with van der Waals surface area (Å²) in [5.74, 6) is 0.286. The topological polar surface area (TPSA) is 63.6 Å². The number of hydrogen-bond acceptors (Lipinski definition) is 4. The molecule has 2 rings (SSSR count). The Morgan fingerprint density at radius 2 is 2.19 bits per heavy atom. The van der Waals surface area contributed by atoms with E-state index in [1.165, 1.54) is 12.4 Å². The van der Waals surface area contributed by atoms with E-state index >= 15 is 0 Å². The maximum Gasteiger partial charge on any atom is 0.272 e. The third-order valence-corrected chi connectivity index (χ3v) is 2.97. The van der Waals surface area contributed by atoms with E-state index in [0.717, 1.165) is 5.69 Å². The molecule has 0 bridgehead atoms. The second kappa shape index (κ2) is 6.85. The monoisotopic (exact) mass is 303 g/mol. The van der Waals surface area contributed by atoms with E-state index in [2.05, 4.69) is 15.5 Å². The largest absolute Gasteiger partial charge is 0.496 e. The van der Waals surface area contributed by atoms with E-state index in [0.29, 0.717) is 21.9 Å². The van der Waals surface area contributed by atoms with E-state index in [4.69, 9.17) is 16.3 Å². The maximum absolute atomic E-state index is 11.8. The van der Waals surface area contributed by atoms with Crippen molar-refractivity contribution in [3.63, 3.8) is 0 Å². The molecule has 1 amide bonds. The minimum Gasteiger partial charge on any atom is -0.496 e. The number of pyridine rings is 1. The molecule has 21 heavy (non-hydrogen) atoms. The molecule has 0 radical (unpaired) electrons. The molecule has 0 fully saturated rings. The Morgan fingerprint density at radius 3 is 2.86 bits per heavy atom. The Bertz CT molecular complexity index is 669. The summed E-state index contributed by atoms with van der Waals surface area (Å²) in [6.07, 6.45) is 2.98. The maximum atomic E-state index is 11.8. The first kappa shape index (κ1) is 15.0. The van der Waals surface area contributed by atoms with Gasteiger partial charge < -0.3 is 4.74 Å². The zero-order chi connectivity index (χ0) is 15.2. The van der Waals surface area contributed by atoms with Crippen molar-refractivity contribution < 1.29 is 9.53 Å². The van der Waals surface area contributed by atoms with Gasteiger partial charge >= 0.3 is 0 Å². The third-order valence-electron chi connectivity index (χ3n) is 2.74. The molecular formula is C15H14ClN3O2. The van der Waals surface area contributed by atoms with Gasteiger partial charge in [-0.1, -0.05) is 11.6 Å². The number of rotatable bonds is 4. The lowest BCUT2D eigenvalue weighted by atomic mass is 10.2. The Labute approximate surface area is 127 Å². The van der Waals surface area contributed by atoms with Crippen molar-refractivity contribution >= 4 is 23.7 Å². The van der Waals surface area contributed by atoms with Gasteiger partial charge in [0.2, 0.25) is 0 Å². The minimum absolute atomic E-state index is 0.334. The van der Waals surface area contributed by atoms with Crippen molar-refractivity contribution in [2.24, 2.45) is 5.10 Å². The fourth-order valence-corrected chi connectivity index (χ4v) is 1.81. The molecule has 1 aromatic heterocycles. The average molecular weight is 304 g/mol. The lowest BCUT2D eigenvalue weighted by molar-refractivity contribution is 0.0955. The van der Waals surface area contributed by atoms with Crippen LogP contribution in [0, 0.1) is 6.92 Å². The summed E-state index contributed by atoms with van der Waals surface area (Å²) in [4.78, 5) is 15.9. The number of carbonyl (C=O) groups is 1. The van der Waals surface area contributed by atoms with Gasteiger partial charge in [-0.05, 0) is 37.3 Å². The zero-order valence-corrected chi connectivity index (χ0v) is 12.4. The van der Waals surface area contributed by atoms with Gasteiger partial charge in [0.1, 0.15) is 5.75 Å². The van der Waals surface area contributed by atoms with E-state index in [1.54, 1.807) is 37.4 Å². The van der Waals surface area contributed by atoms with Crippen LogP contribution in [0.3, 0.4) is 0 Å². The van der Waals surface area contributed by atoms with Gasteiger partial charge in [-0.15, -0.1) is 0 Å². The van der Waals surface area contributed by atoms with Gasteiger partial charge in [0.05, 0.1) is 18.9 Å². The van der Waals surface area contributed by atoms with Crippen LogP contribution >= 0.6 is 11.6 Å². The quantitative estimate of drug-likeness (QED) is 0.698. The molecule has 0 saturated carbocycles. The van der Waals surface area contributed by atoms with Crippen LogP contribution in [0.25, 0.3) is 0 Å². The molecule has 0 saturated heterocycles. The van der Waals surface area contributed by atoms with Crippen LogP contribution in [0.4, 0.5) is 0 Å². The first-order chi connectivity index (χ1) is 10.1. The lowest BCUT2D eigenvalue weighted by Crippen LogP contribution is -2.17. The van der Waals surface area contributed by atoms with Crippen molar-refractivity contribution in [3.05, 3.63) is 58.4 Å². The normalized spacial score (nSPS) is 10.6. The number of ether oxygens (including phenoxy) is 1. The van der Waals surface area contributed by atoms with Gasteiger partial charge in [-0.3, -0.25) is 9.78 Å². The number of amides is 1. The molecule has 6 heteroatoms. The first-order valence-electron chi connectivity index (χ1n) is 6.20. The first-order valence-corrected chi connectivity index (χ1v) is 6.57. The van der Waals surface area contributed by atoms with Crippen molar-refractivity contribution in [3.8, 4) is 5.75 Å². The minimum atomic E-state index is -0.334. The SMILES string of the molecule is COc1ccc(Cl)cc1C=NNC(=O)c1ccc(C)nc1. The molecule has 1 aromatic carbocycles. The summed E-state index contributed by atoms with van der Waals surface area (Å²) in [5.41, 5.74) is 4.39. The van der Waals surface area contributed by atoms with Crippen molar-refractivity contribution in [1.29, 1.82) is 0 Å². The Morgan fingerprint density at radius 1 is 1.38 bits per heavy atom. The Kier molecular flexibility index (Phi) is 4.90. The Hall–Kier alpha value is -2.40. The van der Waals surface area contributed by atoms with Gasteiger partial charge in [0, 0.05) is 22.5 Å². The number of nitrogens with zero attached hydrogens (tertiary/aromatic N) is 2. The average Bonchev–Trinajstić information content (AvgIpc) is 2.48. The number of hydrogen-bond donors (Lipinski definition) is 1. The second-order valence-electron chi connectivity index (χ2n) is 4.27. The molecule has 1 heterocycles. The van der Waals surface area contributed by atoms with Crippen LogP contribution in [0.1, 0.15) is 21.6 Å². The van der Waals surface area contributed by atoms with E-state index in [9.17, 15) is 4.79 Å². The molecule has 0 aliphatic rings. The fourth-order valence-electron chi connectivity index (χ4n) is 1.63. The van der Waals surface area contributed by atoms with Crippen LogP contribution in [0.15, 0.2) is 41.6 Å². The highest BCUT2D eigenvalue weighted by molar-refractivity contribution is 6.30. The van der Waals surface area contributed by atoms with Crippen molar-refractivity contribution in [1.82, 2.24) is 10.4 Å². The predicted octanol–water partition coefficient (Wildman–Crippen LogP) is 2.82. The van der Waals surface area contributed by atoms with Crippen LogP contribution in [-0.2, 0) is 0 Å². The molecule has 0 aliphatic carbocycles. The summed E-state index contributed by atoms with van der Waals surface area (Å²) in [7, 11) is 1.55. The third kappa shape index (κ3) is 4.03. The number of hydrazone groups is 1. The molecule has 0 unspecified atom stereocenters. The number of benzene rings is 1. The van der Waals surface area contributed by atoms with Gasteiger partial charge in [-0.25, -0.2) is 5.43 Å². The van der Waals surface area contributed by atoms with Crippen LogP contribution < -0.4 is 10.2 Å². The number of halogens is 1. The molecule has 0 spiro atoms. The van der Waals surface area contributed by atoms with E-state index in [-0.39, 0.29) is 5.91 Å². The number of aromatic nitrogens is 1. The van der Waals surface area contributed by atoms with Gasteiger partial charge in [0.15, 0.2) is 0 Å². The highest BCUT2D eigenvalue weighted by Gasteiger charge is 2.05. The van der Waals surface area contributed by atoms with Gasteiger partial charge in [0.25, 0.3) is 5.91 Å². The van der Waals surface area contributed by atoms with Crippen LogP contribution in [0.5, 0.6) is 5.75 Å². The fraction of sp³-hybridized carbons (Fsp3) is 0.133. The standard InChI is InChI=1S/C15H14ClN3O2/c1-10-3-4-11(8-17-10)15(20)19-18-9-12-7-13(16)5-6-14(12)21-2/h3-9H,1-2H3,(H,19,20).